The summed E-state index contributed by atoms with van der Waals surface area (Å²) in [5.41, 5.74) is -0.224. The summed E-state index contributed by atoms with van der Waals surface area (Å²) in [6.45, 7) is 0.226. The number of hydrogen-bond donors (Lipinski definition) is 0. The van der Waals surface area contributed by atoms with Crippen molar-refractivity contribution in [2.75, 3.05) is 12.4 Å². The zero-order valence-corrected chi connectivity index (χ0v) is 14.6. The lowest BCUT2D eigenvalue weighted by molar-refractivity contribution is -0.385. The van der Waals surface area contributed by atoms with Crippen LogP contribution in [0.5, 0.6) is 5.75 Å². The second-order valence-electron chi connectivity index (χ2n) is 4.15. The highest BCUT2D eigenvalue weighted by atomic mass is 79.9. The van der Waals surface area contributed by atoms with Gasteiger partial charge in [-0.3, -0.25) is 10.1 Å². The lowest BCUT2D eigenvalue weighted by atomic mass is 10.2. The van der Waals surface area contributed by atoms with Gasteiger partial charge in [0.05, 0.1) is 21.8 Å². The van der Waals surface area contributed by atoms with E-state index in [0.717, 1.165) is 0 Å². The molecule has 0 bridgehead atoms. The molecule has 0 amide bonds. The van der Waals surface area contributed by atoms with Crippen LogP contribution in [0.25, 0.3) is 0 Å². The fourth-order valence-corrected chi connectivity index (χ4v) is 3.34. The van der Waals surface area contributed by atoms with Crippen molar-refractivity contribution in [3.63, 3.8) is 0 Å². The highest BCUT2D eigenvalue weighted by molar-refractivity contribution is 9.10. The van der Waals surface area contributed by atoms with E-state index in [0.29, 0.717) is 23.7 Å². The fourth-order valence-electron chi connectivity index (χ4n) is 1.55. The van der Waals surface area contributed by atoms with Crippen LogP contribution in [0.2, 0.25) is 5.02 Å². The Bertz CT molecular complexity index is 623. The van der Waals surface area contributed by atoms with E-state index >= 15 is 0 Å². The summed E-state index contributed by atoms with van der Waals surface area (Å²) in [5.74, 6) is 0.00802. The highest BCUT2D eigenvalue weighted by Crippen LogP contribution is 2.37. The molecule has 1 rings (SSSR count). The second-order valence-corrected chi connectivity index (χ2v) is 8.33. The van der Waals surface area contributed by atoms with Crippen molar-refractivity contribution in [1.82, 2.24) is 0 Å². The van der Waals surface area contributed by atoms with Crippen LogP contribution < -0.4 is 4.74 Å². The minimum Gasteiger partial charge on any atom is -0.486 e. The standard InChI is InChI=1S/C11H12BrCl2NO5S/c12-9-6-8(13)7-10(15(16)17)11(9)20-4-2-1-3-5-21(14,18)19/h6-7H,1-5H2. The van der Waals surface area contributed by atoms with E-state index in [4.69, 9.17) is 27.0 Å². The first-order valence-electron chi connectivity index (χ1n) is 5.89. The molecule has 0 radical (unpaired) electrons. The van der Waals surface area contributed by atoms with Crippen molar-refractivity contribution in [3.05, 3.63) is 31.7 Å². The molecule has 21 heavy (non-hydrogen) atoms. The maximum Gasteiger partial charge on any atom is 0.313 e. The molecule has 0 saturated heterocycles. The third kappa shape index (κ3) is 6.82. The summed E-state index contributed by atoms with van der Waals surface area (Å²) in [5, 5.41) is 11.2. The molecular weight excluding hydrogens is 409 g/mol. The Morgan fingerprint density at radius 3 is 2.52 bits per heavy atom. The SMILES string of the molecule is O=[N+]([O-])c1cc(Cl)cc(Br)c1OCCCCCS(=O)(=O)Cl. The van der Waals surface area contributed by atoms with Crippen molar-refractivity contribution < 1.29 is 18.1 Å². The largest absolute Gasteiger partial charge is 0.486 e. The first kappa shape index (κ1) is 18.5. The number of nitro groups is 1. The molecule has 0 spiro atoms. The van der Waals surface area contributed by atoms with Crippen LogP contribution in [-0.4, -0.2) is 25.7 Å². The van der Waals surface area contributed by atoms with Gasteiger partial charge in [-0.2, -0.15) is 0 Å². The lowest BCUT2D eigenvalue weighted by Crippen LogP contribution is -2.03. The van der Waals surface area contributed by atoms with Crippen molar-refractivity contribution in [3.8, 4) is 5.75 Å². The normalized spacial score (nSPS) is 11.4. The molecule has 1 aromatic rings. The van der Waals surface area contributed by atoms with Crippen molar-refractivity contribution in [2.45, 2.75) is 19.3 Å². The van der Waals surface area contributed by atoms with Crippen LogP contribution in [0, 0.1) is 10.1 Å². The zero-order valence-electron chi connectivity index (χ0n) is 10.7. The van der Waals surface area contributed by atoms with Crippen LogP contribution in [-0.2, 0) is 9.05 Å². The Morgan fingerprint density at radius 2 is 1.95 bits per heavy atom. The van der Waals surface area contributed by atoms with E-state index in [9.17, 15) is 18.5 Å². The van der Waals surface area contributed by atoms with Crippen LogP contribution in [0.3, 0.4) is 0 Å². The molecular formula is C11H12BrCl2NO5S. The third-order valence-corrected chi connectivity index (χ3v) is 4.51. The summed E-state index contributed by atoms with van der Waals surface area (Å²) in [4.78, 5) is 10.4. The monoisotopic (exact) mass is 419 g/mol. The van der Waals surface area contributed by atoms with Gasteiger partial charge in [0.25, 0.3) is 0 Å². The van der Waals surface area contributed by atoms with Gasteiger partial charge in [-0.1, -0.05) is 11.6 Å². The molecule has 0 N–H and O–H groups in total. The highest BCUT2D eigenvalue weighted by Gasteiger charge is 2.19. The van der Waals surface area contributed by atoms with Gasteiger partial charge >= 0.3 is 5.69 Å². The molecule has 0 aliphatic carbocycles. The van der Waals surface area contributed by atoms with E-state index < -0.39 is 14.0 Å². The maximum atomic E-state index is 10.9. The average Bonchev–Trinajstić information content (AvgIpc) is 2.33. The number of unbranched alkanes of at least 4 members (excludes halogenated alkanes) is 2. The second kappa shape index (κ2) is 8.17. The molecule has 6 nitrogen and oxygen atoms in total. The quantitative estimate of drug-likeness (QED) is 0.273. The molecule has 118 valence electrons. The first-order chi connectivity index (χ1) is 9.70. The summed E-state index contributed by atoms with van der Waals surface area (Å²) in [7, 11) is 1.61. The van der Waals surface area contributed by atoms with Gasteiger partial charge in [0, 0.05) is 21.8 Å². The van der Waals surface area contributed by atoms with E-state index in [1.165, 1.54) is 12.1 Å². The van der Waals surface area contributed by atoms with Gasteiger partial charge < -0.3 is 4.74 Å². The molecule has 10 heteroatoms. The number of nitrogens with zero attached hydrogens (tertiary/aromatic N) is 1. The smallest absolute Gasteiger partial charge is 0.313 e. The summed E-state index contributed by atoms with van der Waals surface area (Å²) >= 11 is 8.92. The predicted octanol–water partition coefficient (Wildman–Crippen LogP) is 4.13. The van der Waals surface area contributed by atoms with Crippen LogP contribution >= 0.6 is 38.2 Å². The van der Waals surface area contributed by atoms with E-state index in [1.807, 2.05) is 0 Å². The first-order valence-corrected chi connectivity index (χ1v) is 9.54. The van der Waals surface area contributed by atoms with Crippen molar-refractivity contribution in [1.29, 1.82) is 0 Å². The van der Waals surface area contributed by atoms with Crippen LogP contribution in [0.15, 0.2) is 16.6 Å². The predicted molar refractivity (Wildman–Crippen MR) is 84.8 cm³/mol. The Kier molecular flexibility index (Phi) is 7.19. The molecule has 0 saturated carbocycles. The number of halogens is 3. The Hall–Kier alpha value is -0.570. The summed E-state index contributed by atoms with van der Waals surface area (Å²) in [6.07, 6.45) is 1.56. The molecule has 0 aliphatic heterocycles. The van der Waals surface area contributed by atoms with Crippen LogP contribution in [0.4, 0.5) is 5.69 Å². The zero-order chi connectivity index (χ0) is 16.0. The lowest BCUT2D eigenvalue weighted by Gasteiger charge is -2.09. The molecule has 0 unspecified atom stereocenters. The minimum absolute atomic E-state index is 0.0979. The number of ether oxygens (including phenoxy) is 1. The average molecular weight is 421 g/mol. The van der Waals surface area contributed by atoms with Crippen molar-refractivity contribution >= 4 is 53.0 Å². The number of rotatable bonds is 8. The molecule has 0 atom stereocenters. The number of nitro benzene ring substituents is 1. The Labute approximate surface area is 140 Å². The van der Waals surface area contributed by atoms with Gasteiger partial charge in [-0.05, 0) is 41.3 Å². The minimum atomic E-state index is -3.47. The van der Waals surface area contributed by atoms with E-state index in [2.05, 4.69) is 15.9 Å². The Morgan fingerprint density at radius 1 is 1.29 bits per heavy atom. The van der Waals surface area contributed by atoms with E-state index in [1.54, 1.807) is 0 Å². The topological polar surface area (TPSA) is 86.5 Å². The number of hydrogen-bond acceptors (Lipinski definition) is 5. The van der Waals surface area contributed by atoms with Gasteiger partial charge in [-0.15, -0.1) is 0 Å². The molecule has 0 aromatic heterocycles. The van der Waals surface area contributed by atoms with Gasteiger partial charge in [0.1, 0.15) is 0 Å². The van der Waals surface area contributed by atoms with Gasteiger partial charge in [0.15, 0.2) is 0 Å². The molecule has 0 heterocycles. The maximum absolute atomic E-state index is 10.9. The summed E-state index contributed by atoms with van der Waals surface area (Å²) in [6, 6.07) is 2.71. The fraction of sp³-hybridized carbons (Fsp3) is 0.455. The van der Waals surface area contributed by atoms with Gasteiger partial charge in [0.2, 0.25) is 14.8 Å². The third-order valence-electron chi connectivity index (χ3n) is 2.46. The molecule has 0 aliphatic rings. The number of benzene rings is 1. The Balaban J connectivity index is 2.54. The van der Waals surface area contributed by atoms with Crippen LogP contribution in [0.1, 0.15) is 19.3 Å². The van der Waals surface area contributed by atoms with Crippen molar-refractivity contribution in [2.24, 2.45) is 0 Å². The van der Waals surface area contributed by atoms with E-state index in [-0.39, 0.29) is 28.8 Å². The molecule has 1 aromatic carbocycles. The summed E-state index contributed by atoms with van der Waals surface area (Å²) < 4.78 is 27.2. The van der Waals surface area contributed by atoms with Gasteiger partial charge in [-0.25, -0.2) is 8.42 Å². The molecule has 0 fully saturated rings.